The molecule has 0 spiro atoms. The maximum atomic E-state index is 14.2. The van der Waals surface area contributed by atoms with E-state index >= 15 is 0 Å². The van der Waals surface area contributed by atoms with Crippen LogP contribution >= 0.6 is 0 Å². The standard InChI is InChI=1S/C36H41FN8O6/c37-26-13-11-21(12-14-26)16-28(43-32(47)29-17-22-6-1-4-9-25(22)20-45(29)36(40)51)31(46)42-27(10-5-15-41-35(38)39)33(48)44-19-24-8-3-2-7-23(24)18-30(44)34(49)50/h1-4,6-9,11-14,27-30H,5,10,15-20H2,(H2,40,51)(H,42,46)(H,43,47)(H,49,50)(H4,38,39,41)/t27-,28+,29-,30-/m0/s1. The van der Waals surface area contributed by atoms with Crippen LogP contribution in [0.1, 0.15) is 40.7 Å². The number of aliphatic imine (C=N–C) groups is 1. The van der Waals surface area contributed by atoms with Gasteiger partial charge in [0.15, 0.2) is 5.96 Å². The van der Waals surface area contributed by atoms with Gasteiger partial charge < -0.3 is 42.7 Å². The molecule has 14 nitrogen and oxygen atoms in total. The number of rotatable bonds is 12. The van der Waals surface area contributed by atoms with Crippen LogP contribution in [0.15, 0.2) is 77.8 Å². The van der Waals surface area contributed by atoms with Crippen LogP contribution in [-0.4, -0.2) is 81.3 Å². The smallest absolute Gasteiger partial charge is 0.326 e. The summed E-state index contributed by atoms with van der Waals surface area (Å²) in [6.07, 6.45) is 0.422. The molecule has 0 aromatic heterocycles. The van der Waals surface area contributed by atoms with E-state index in [0.717, 1.165) is 22.3 Å². The second kappa shape index (κ2) is 16.1. The lowest BCUT2D eigenvalue weighted by Crippen LogP contribution is -2.60. The lowest BCUT2D eigenvalue weighted by atomic mass is 9.92. The quantitative estimate of drug-likeness (QED) is 0.0903. The van der Waals surface area contributed by atoms with E-state index in [4.69, 9.17) is 17.2 Å². The molecule has 5 rings (SSSR count). The molecule has 4 atom stereocenters. The largest absolute Gasteiger partial charge is 0.480 e. The third kappa shape index (κ3) is 8.98. The van der Waals surface area contributed by atoms with Crippen LogP contribution in [0.5, 0.6) is 0 Å². The van der Waals surface area contributed by atoms with Gasteiger partial charge in [0.1, 0.15) is 30.0 Å². The first-order chi connectivity index (χ1) is 24.4. The molecule has 0 saturated heterocycles. The summed E-state index contributed by atoms with van der Waals surface area (Å²) >= 11 is 0. The van der Waals surface area contributed by atoms with Crippen LogP contribution in [0.3, 0.4) is 0 Å². The van der Waals surface area contributed by atoms with Gasteiger partial charge in [0.05, 0.1) is 0 Å². The molecule has 3 aromatic rings. The van der Waals surface area contributed by atoms with Crippen LogP contribution in [0.2, 0.25) is 0 Å². The number of primary amides is 1. The summed E-state index contributed by atoms with van der Waals surface area (Å²) in [5.41, 5.74) is 20.4. The highest BCUT2D eigenvalue weighted by atomic mass is 19.1. The zero-order valence-electron chi connectivity index (χ0n) is 27.8. The van der Waals surface area contributed by atoms with Gasteiger partial charge in [0.2, 0.25) is 17.7 Å². The third-order valence-corrected chi connectivity index (χ3v) is 9.20. The van der Waals surface area contributed by atoms with Crippen LogP contribution < -0.4 is 27.8 Å². The Morgan fingerprint density at radius 3 is 1.92 bits per heavy atom. The zero-order valence-corrected chi connectivity index (χ0v) is 27.8. The normalized spacial score (nSPS) is 17.6. The number of aliphatic carboxylic acids is 1. The Balaban J connectivity index is 1.42. The van der Waals surface area contributed by atoms with E-state index in [1.165, 1.54) is 34.1 Å². The first kappa shape index (κ1) is 36.3. The number of nitrogens with one attached hydrogen (secondary N) is 2. The van der Waals surface area contributed by atoms with Crippen molar-refractivity contribution in [2.24, 2.45) is 22.2 Å². The van der Waals surface area contributed by atoms with Gasteiger partial charge in [0, 0.05) is 38.9 Å². The summed E-state index contributed by atoms with van der Waals surface area (Å²) in [6.45, 7) is 0.234. The van der Waals surface area contributed by atoms with E-state index < -0.39 is 59.7 Å². The molecule has 0 unspecified atom stereocenters. The highest BCUT2D eigenvalue weighted by molar-refractivity contribution is 5.95. The maximum Gasteiger partial charge on any atom is 0.326 e. The van der Waals surface area contributed by atoms with Crippen molar-refractivity contribution in [1.82, 2.24) is 20.4 Å². The third-order valence-electron chi connectivity index (χ3n) is 9.20. The predicted octanol–water partition coefficient (Wildman–Crippen LogP) is 0.935. The van der Waals surface area contributed by atoms with Crippen LogP contribution in [0.4, 0.5) is 9.18 Å². The Morgan fingerprint density at radius 1 is 0.784 bits per heavy atom. The van der Waals surface area contributed by atoms with E-state index in [2.05, 4.69) is 15.6 Å². The minimum Gasteiger partial charge on any atom is -0.480 e. The molecule has 5 amide bonds. The van der Waals surface area contributed by atoms with Crippen molar-refractivity contribution in [1.29, 1.82) is 0 Å². The fraction of sp³-hybridized carbons (Fsp3) is 0.333. The first-order valence-electron chi connectivity index (χ1n) is 16.5. The van der Waals surface area contributed by atoms with Gasteiger partial charge in [-0.15, -0.1) is 0 Å². The fourth-order valence-electron chi connectivity index (χ4n) is 6.53. The second-order valence-corrected chi connectivity index (χ2v) is 12.6. The van der Waals surface area contributed by atoms with Gasteiger partial charge in [-0.25, -0.2) is 14.0 Å². The SMILES string of the molecule is NC(=O)N1Cc2ccccc2C[C@H]1C(=O)N[C@H](Cc1ccc(F)cc1)C(=O)N[C@@H](CCCN=C(N)N)C(=O)N1Cc2ccccc2C[C@H]1C(=O)O. The van der Waals surface area contributed by atoms with Crippen LogP contribution in [-0.2, 0) is 51.5 Å². The zero-order chi connectivity index (χ0) is 36.7. The Morgan fingerprint density at radius 2 is 1.35 bits per heavy atom. The number of nitrogens with zero attached hydrogens (tertiary/aromatic N) is 3. The molecular weight excluding hydrogens is 659 g/mol. The van der Waals surface area contributed by atoms with Gasteiger partial charge in [0.25, 0.3) is 0 Å². The molecule has 0 saturated carbocycles. The lowest BCUT2D eigenvalue weighted by Gasteiger charge is -2.37. The van der Waals surface area contributed by atoms with Crippen molar-refractivity contribution in [3.05, 3.63) is 106 Å². The van der Waals surface area contributed by atoms with Crippen molar-refractivity contribution < 1.29 is 33.5 Å². The van der Waals surface area contributed by atoms with Gasteiger partial charge in [-0.05, 0) is 52.8 Å². The number of carboxylic acids is 1. The number of carbonyl (C=O) groups is 5. The van der Waals surface area contributed by atoms with Gasteiger partial charge in [-0.3, -0.25) is 19.4 Å². The summed E-state index contributed by atoms with van der Waals surface area (Å²) in [7, 11) is 0. The molecule has 51 heavy (non-hydrogen) atoms. The van der Waals surface area contributed by atoms with Gasteiger partial charge >= 0.3 is 12.0 Å². The van der Waals surface area contributed by atoms with E-state index in [1.54, 1.807) is 12.1 Å². The van der Waals surface area contributed by atoms with Gasteiger partial charge in [-0.2, -0.15) is 0 Å². The average Bonchev–Trinajstić information content (AvgIpc) is 3.11. The van der Waals surface area contributed by atoms with Gasteiger partial charge in [-0.1, -0.05) is 60.7 Å². The van der Waals surface area contributed by atoms with Crippen molar-refractivity contribution in [2.45, 2.75) is 69.4 Å². The summed E-state index contributed by atoms with van der Waals surface area (Å²) in [5, 5.41) is 15.6. The minimum atomic E-state index is -1.29. The number of benzene rings is 3. The molecule has 3 aromatic carbocycles. The summed E-state index contributed by atoms with van der Waals surface area (Å²) in [5.74, 6) is -3.88. The number of nitrogens with two attached hydrogens (primary N) is 3. The summed E-state index contributed by atoms with van der Waals surface area (Å²) in [6, 6.07) is 14.4. The Hall–Kier alpha value is -5.99. The average molecular weight is 701 g/mol. The van der Waals surface area contributed by atoms with E-state index in [1.807, 2.05) is 36.4 Å². The molecule has 2 aliphatic rings. The molecule has 9 N–H and O–H groups in total. The van der Waals surface area contributed by atoms with Crippen molar-refractivity contribution in [3.63, 3.8) is 0 Å². The topological polar surface area (TPSA) is 227 Å². The molecule has 15 heteroatoms. The summed E-state index contributed by atoms with van der Waals surface area (Å²) < 4.78 is 13.8. The highest BCUT2D eigenvalue weighted by Gasteiger charge is 2.40. The van der Waals surface area contributed by atoms with Crippen molar-refractivity contribution >= 4 is 35.7 Å². The van der Waals surface area contributed by atoms with Crippen LogP contribution in [0.25, 0.3) is 0 Å². The molecule has 0 fully saturated rings. The highest BCUT2D eigenvalue weighted by Crippen LogP contribution is 2.26. The molecule has 2 heterocycles. The van der Waals surface area contributed by atoms with Crippen molar-refractivity contribution in [3.8, 4) is 0 Å². The number of carboxylic acid groups (broad SMARTS) is 1. The number of carbonyl (C=O) groups excluding carboxylic acids is 4. The van der Waals surface area contributed by atoms with E-state index in [0.29, 0.717) is 5.56 Å². The first-order valence-corrected chi connectivity index (χ1v) is 16.5. The van der Waals surface area contributed by atoms with E-state index in [-0.39, 0.29) is 57.7 Å². The Kier molecular flexibility index (Phi) is 11.5. The summed E-state index contributed by atoms with van der Waals surface area (Å²) in [4.78, 5) is 73.4. The molecule has 268 valence electrons. The molecule has 0 bridgehead atoms. The second-order valence-electron chi connectivity index (χ2n) is 12.6. The fourth-order valence-corrected chi connectivity index (χ4v) is 6.53. The Bertz CT molecular complexity index is 1820. The molecule has 2 aliphatic heterocycles. The number of urea groups is 1. The number of fused-ring (bicyclic) bond motifs is 2. The number of guanidine groups is 1. The number of halogens is 1. The predicted molar refractivity (Wildman–Crippen MR) is 185 cm³/mol. The van der Waals surface area contributed by atoms with E-state index in [9.17, 15) is 33.5 Å². The molecular formula is C36H41FN8O6. The number of hydrogen-bond acceptors (Lipinski definition) is 6. The minimum absolute atomic E-state index is 0.00803. The number of amides is 5. The maximum absolute atomic E-state index is 14.2. The monoisotopic (exact) mass is 700 g/mol. The van der Waals surface area contributed by atoms with Crippen LogP contribution in [0, 0.1) is 5.82 Å². The Labute approximate surface area is 293 Å². The molecule has 0 aliphatic carbocycles. The lowest BCUT2D eigenvalue weighted by molar-refractivity contribution is -0.153. The molecule has 0 radical (unpaired) electrons. The van der Waals surface area contributed by atoms with Crippen molar-refractivity contribution in [2.75, 3.05) is 6.54 Å². The number of hydrogen-bond donors (Lipinski definition) is 6.